The molecule has 1 N–H and O–H groups in total. The third kappa shape index (κ3) is 3.11. The molecule has 3 aromatic rings. The van der Waals surface area contributed by atoms with E-state index in [0.29, 0.717) is 32.5 Å². The third-order valence-electron chi connectivity index (χ3n) is 5.89. The predicted molar refractivity (Wildman–Crippen MR) is 111 cm³/mol. The van der Waals surface area contributed by atoms with Gasteiger partial charge in [0.05, 0.1) is 13.7 Å². The molecule has 0 saturated carbocycles. The van der Waals surface area contributed by atoms with Crippen LogP contribution in [0.3, 0.4) is 0 Å². The first-order valence-electron chi connectivity index (χ1n) is 9.94. The van der Waals surface area contributed by atoms with Gasteiger partial charge in [0.2, 0.25) is 5.79 Å². The van der Waals surface area contributed by atoms with Crippen LogP contribution in [0.5, 0.6) is 11.5 Å². The Labute approximate surface area is 173 Å². The normalized spacial score (nSPS) is 17.4. The van der Waals surface area contributed by atoms with Crippen LogP contribution in [0.2, 0.25) is 0 Å². The van der Waals surface area contributed by atoms with E-state index in [2.05, 4.69) is 11.1 Å². The van der Waals surface area contributed by atoms with E-state index in [4.69, 9.17) is 19.3 Å². The molecule has 3 heterocycles. The summed E-state index contributed by atoms with van der Waals surface area (Å²) in [5.41, 5.74) is 3.75. The number of hydrogen-bond acceptors (Lipinski definition) is 5. The SMILES string of the molecule is COc1c(-c2ccc3c(c2)COC2(CCN(C(=O)O)CC2)O3)ccc2cccnc12. The zero-order valence-corrected chi connectivity index (χ0v) is 16.6. The van der Waals surface area contributed by atoms with Crippen LogP contribution in [-0.4, -0.2) is 47.1 Å². The van der Waals surface area contributed by atoms with Crippen LogP contribution in [0.4, 0.5) is 4.79 Å². The molecule has 7 heteroatoms. The van der Waals surface area contributed by atoms with Gasteiger partial charge in [0, 0.05) is 48.6 Å². The number of benzene rings is 2. The molecule has 154 valence electrons. The first-order chi connectivity index (χ1) is 14.6. The fourth-order valence-corrected chi connectivity index (χ4v) is 4.24. The summed E-state index contributed by atoms with van der Waals surface area (Å²) in [4.78, 5) is 17.0. The van der Waals surface area contributed by atoms with Gasteiger partial charge in [0.25, 0.3) is 0 Å². The quantitative estimate of drug-likeness (QED) is 0.684. The third-order valence-corrected chi connectivity index (χ3v) is 5.89. The lowest BCUT2D eigenvalue weighted by Crippen LogP contribution is -2.52. The average molecular weight is 406 g/mol. The number of piperidine rings is 1. The number of fused-ring (bicyclic) bond motifs is 2. The molecule has 5 rings (SSSR count). The van der Waals surface area contributed by atoms with Crippen molar-refractivity contribution in [2.75, 3.05) is 20.2 Å². The van der Waals surface area contributed by atoms with Crippen LogP contribution < -0.4 is 9.47 Å². The molecule has 0 aliphatic carbocycles. The molecule has 0 atom stereocenters. The van der Waals surface area contributed by atoms with Crippen molar-refractivity contribution in [3.05, 3.63) is 54.2 Å². The molecular weight excluding hydrogens is 384 g/mol. The van der Waals surface area contributed by atoms with E-state index in [9.17, 15) is 4.79 Å². The Morgan fingerprint density at radius 3 is 2.80 bits per heavy atom. The molecule has 1 amide bonds. The summed E-state index contributed by atoms with van der Waals surface area (Å²) in [7, 11) is 1.66. The monoisotopic (exact) mass is 406 g/mol. The highest BCUT2D eigenvalue weighted by Crippen LogP contribution is 2.41. The van der Waals surface area contributed by atoms with E-state index >= 15 is 0 Å². The average Bonchev–Trinajstić information content (AvgIpc) is 2.78. The van der Waals surface area contributed by atoms with Gasteiger partial charge in [-0.05, 0) is 29.8 Å². The summed E-state index contributed by atoms with van der Waals surface area (Å²) in [6, 6.07) is 14.0. The van der Waals surface area contributed by atoms with Crippen LogP contribution in [0.1, 0.15) is 18.4 Å². The summed E-state index contributed by atoms with van der Waals surface area (Å²) < 4.78 is 18.0. The molecule has 7 nitrogen and oxygen atoms in total. The second-order valence-corrected chi connectivity index (χ2v) is 7.62. The Hall–Kier alpha value is -3.32. The number of ether oxygens (including phenoxy) is 3. The zero-order valence-electron chi connectivity index (χ0n) is 16.6. The van der Waals surface area contributed by atoms with Crippen molar-refractivity contribution in [2.24, 2.45) is 0 Å². The number of nitrogens with zero attached hydrogens (tertiary/aromatic N) is 2. The van der Waals surface area contributed by atoms with Gasteiger partial charge < -0.3 is 24.2 Å². The number of rotatable bonds is 2. The van der Waals surface area contributed by atoms with E-state index in [-0.39, 0.29) is 0 Å². The fourth-order valence-electron chi connectivity index (χ4n) is 4.24. The largest absolute Gasteiger partial charge is 0.494 e. The topological polar surface area (TPSA) is 81.1 Å². The van der Waals surface area contributed by atoms with Gasteiger partial charge in [-0.25, -0.2) is 4.79 Å². The zero-order chi connectivity index (χ0) is 20.7. The summed E-state index contributed by atoms with van der Waals surface area (Å²) in [5, 5.41) is 10.2. The molecule has 1 saturated heterocycles. The molecule has 30 heavy (non-hydrogen) atoms. The lowest BCUT2D eigenvalue weighted by molar-refractivity contribution is -0.225. The molecule has 1 aromatic heterocycles. The smallest absolute Gasteiger partial charge is 0.407 e. The Balaban J connectivity index is 1.44. The Bertz CT molecular complexity index is 1120. The van der Waals surface area contributed by atoms with E-state index < -0.39 is 11.9 Å². The second-order valence-electron chi connectivity index (χ2n) is 7.62. The highest BCUT2D eigenvalue weighted by Gasteiger charge is 2.42. The fraction of sp³-hybridized carbons (Fsp3) is 0.304. The van der Waals surface area contributed by atoms with Crippen molar-refractivity contribution in [3.8, 4) is 22.6 Å². The minimum absolute atomic E-state index is 0.407. The lowest BCUT2D eigenvalue weighted by atomic mass is 9.98. The first-order valence-corrected chi connectivity index (χ1v) is 9.94. The summed E-state index contributed by atoms with van der Waals surface area (Å²) in [5.74, 6) is 0.778. The van der Waals surface area contributed by atoms with Gasteiger partial charge in [-0.2, -0.15) is 0 Å². The first kappa shape index (κ1) is 18.7. The number of carboxylic acid groups (broad SMARTS) is 1. The second kappa shape index (κ2) is 7.18. The number of aromatic nitrogens is 1. The molecule has 1 spiro atoms. The van der Waals surface area contributed by atoms with Gasteiger partial charge in [-0.15, -0.1) is 0 Å². The van der Waals surface area contributed by atoms with Crippen molar-refractivity contribution in [3.63, 3.8) is 0 Å². The van der Waals surface area contributed by atoms with Gasteiger partial charge in [0.15, 0.2) is 5.75 Å². The molecule has 0 bridgehead atoms. The molecule has 0 unspecified atom stereocenters. The van der Waals surface area contributed by atoms with E-state index in [0.717, 1.165) is 39.1 Å². The van der Waals surface area contributed by atoms with E-state index in [1.165, 1.54) is 4.90 Å². The van der Waals surface area contributed by atoms with Crippen molar-refractivity contribution < 1.29 is 24.1 Å². The number of pyridine rings is 1. The maximum Gasteiger partial charge on any atom is 0.407 e. The Morgan fingerprint density at radius 2 is 2.03 bits per heavy atom. The Kier molecular flexibility index (Phi) is 4.47. The minimum atomic E-state index is -0.899. The van der Waals surface area contributed by atoms with Crippen molar-refractivity contribution in [2.45, 2.75) is 25.2 Å². The predicted octanol–water partition coefficient (Wildman–Crippen LogP) is 4.29. The molecule has 0 radical (unpaired) electrons. The van der Waals surface area contributed by atoms with Gasteiger partial charge in [-0.3, -0.25) is 4.98 Å². The van der Waals surface area contributed by atoms with Gasteiger partial charge in [0.1, 0.15) is 11.3 Å². The number of hydrogen-bond donors (Lipinski definition) is 1. The number of carbonyl (C=O) groups is 1. The number of likely N-dealkylation sites (tertiary alicyclic amines) is 1. The Morgan fingerprint density at radius 1 is 1.20 bits per heavy atom. The van der Waals surface area contributed by atoms with Crippen LogP contribution in [-0.2, 0) is 11.3 Å². The van der Waals surface area contributed by atoms with Gasteiger partial charge in [-0.1, -0.05) is 18.2 Å². The highest BCUT2D eigenvalue weighted by atomic mass is 16.7. The van der Waals surface area contributed by atoms with Crippen molar-refractivity contribution >= 4 is 17.0 Å². The summed E-state index contributed by atoms with van der Waals surface area (Å²) in [6.07, 6.45) is 1.90. The van der Waals surface area contributed by atoms with Crippen molar-refractivity contribution in [1.82, 2.24) is 9.88 Å². The maximum atomic E-state index is 11.2. The molecule has 2 aliphatic rings. The molecule has 1 fully saturated rings. The number of amides is 1. The molecular formula is C23H22N2O5. The lowest BCUT2D eigenvalue weighted by Gasteiger charge is -2.43. The van der Waals surface area contributed by atoms with Crippen LogP contribution in [0.25, 0.3) is 22.0 Å². The van der Waals surface area contributed by atoms with Crippen LogP contribution in [0.15, 0.2) is 48.7 Å². The van der Waals surface area contributed by atoms with Crippen LogP contribution >= 0.6 is 0 Å². The standard InChI is InChI=1S/C23H22N2O5/c1-28-21-18(6-4-15-3-2-10-24-20(15)21)16-5-7-19-17(13-16)14-29-23(30-19)8-11-25(12-9-23)22(26)27/h2-7,10,13H,8-9,11-12,14H2,1H3,(H,26,27). The van der Waals surface area contributed by atoms with Gasteiger partial charge >= 0.3 is 6.09 Å². The highest BCUT2D eigenvalue weighted by molar-refractivity contribution is 5.92. The van der Waals surface area contributed by atoms with E-state index in [1.54, 1.807) is 13.3 Å². The van der Waals surface area contributed by atoms with Crippen LogP contribution in [0, 0.1) is 0 Å². The van der Waals surface area contributed by atoms with Crippen molar-refractivity contribution in [1.29, 1.82) is 0 Å². The molecule has 2 aromatic carbocycles. The maximum absolute atomic E-state index is 11.2. The minimum Gasteiger partial charge on any atom is -0.494 e. The molecule has 2 aliphatic heterocycles. The number of methoxy groups -OCH3 is 1. The summed E-state index contributed by atoms with van der Waals surface area (Å²) >= 11 is 0. The van der Waals surface area contributed by atoms with E-state index in [1.807, 2.05) is 36.4 Å². The summed E-state index contributed by atoms with van der Waals surface area (Å²) in [6.45, 7) is 1.23.